The van der Waals surface area contributed by atoms with Gasteiger partial charge in [0.05, 0.1) is 0 Å². The molecule has 1 unspecified atom stereocenters. The zero-order chi connectivity index (χ0) is 12.8. The molecule has 0 radical (unpaired) electrons. The SMILES string of the molecule is CCC1CCC(CN2CCCNC(CC)C2)CC1. The number of nitrogens with one attached hydrogen (secondary N) is 1. The Hall–Kier alpha value is -0.0800. The third kappa shape index (κ3) is 4.24. The second-order valence-corrected chi connectivity index (χ2v) is 6.47. The molecule has 2 nitrogen and oxygen atoms in total. The second-order valence-electron chi connectivity index (χ2n) is 6.47. The van der Waals surface area contributed by atoms with Gasteiger partial charge in [-0.25, -0.2) is 0 Å². The number of nitrogens with zero attached hydrogens (tertiary/aromatic N) is 1. The van der Waals surface area contributed by atoms with Gasteiger partial charge in [-0.2, -0.15) is 0 Å². The van der Waals surface area contributed by atoms with E-state index in [-0.39, 0.29) is 0 Å². The first kappa shape index (κ1) is 14.3. The van der Waals surface area contributed by atoms with E-state index in [4.69, 9.17) is 0 Å². The first-order valence-electron chi connectivity index (χ1n) is 8.27. The van der Waals surface area contributed by atoms with Gasteiger partial charge in [0.15, 0.2) is 0 Å². The maximum atomic E-state index is 3.67. The summed E-state index contributed by atoms with van der Waals surface area (Å²) in [4.78, 5) is 2.74. The van der Waals surface area contributed by atoms with Gasteiger partial charge in [-0.3, -0.25) is 0 Å². The van der Waals surface area contributed by atoms with E-state index in [1.807, 2.05) is 0 Å². The molecule has 2 rings (SSSR count). The van der Waals surface area contributed by atoms with Gasteiger partial charge in [0.2, 0.25) is 0 Å². The Kier molecular flexibility index (Phi) is 5.97. The lowest BCUT2D eigenvalue weighted by Crippen LogP contribution is -2.39. The van der Waals surface area contributed by atoms with Gasteiger partial charge in [0.1, 0.15) is 0 Å². The minimum atomic E-state index is 0.736. The van der Waals surface area contributed by atoms with E-state index in [2.05, 4.69) is 24.1 Å². The maximum absolute atomic E-state index is 3.67. The van der Waals surface area contributed by atoms with Crippen LogP contribution in [0.4, 0.5) is 0 Å². The van der Waals surface area contributed by atoms with Gasteiger partial charge in [-0.1, -0.05) is 33.1 Å². The van der Waals surface area contributed by atoms with Gasteiger partial charge in [0.25, 0.3) is 0 Å². The standard InChI is InChI=1S/C16H32N2/c1-3-14-6-8-15(9-7-14)12-18-11-5-10-17-16(4-2)13-18/h14-17H,3-13H2,1-2H3. The topological polar surface area (TPSA) is 15.3 Å². The lowest BCUT2D eigenvalue weighted by Gasteiger charge is -2.33. The molecule has 1 atom stereocenters. The van der Waals surface area contributed by atoms with Crippen LogP contribution in [-0.2, 0) is 0 Å². The van der Waals surface area contributed by atoms with Gasteiger partial charge in [-0.05, 0) is 50.6 Å². The zero-order valence-corrected chi connectivity index (χ0v) is 12.5. The summed E-state index contributed by atoms with van der Waals surface area (Å²) in [5.41, 5.74) is 0. The van der Waals surface area contributed by atoms with Crippen molar-refractivity contribution in [2.24, 2.45) is 11.8 Å². The molecule has 1 aliphatic carbocycles. The smallest absolute Gasteiger partial charge is 0.0192 e. The van der Waals surface area contributed by atoms with Crippen LogP contribution in [0.25, 0.3) is 0 Å². The molecule has 0 spiro atoms. The Morgan fingerprint density at radius 2 is 1.72 bits per heavy atom. The first-order chi connectivity index (χ1) is 8.81. The van der Waals surface area contributed by atoms with E-state index in [0.717, 1.165) is 17.9 Å². The highest BCUT2D eigenvalue weighted by molar-refractivity contribution is 4.79. The Bertz CT molecular complexity index is 221. The minimum Gasteiger partial charge on any atom is -0.313 e. The predicted molar refractivity (Wildman–Crippen MR) is 78.9 cm³/mol. The fourth-order valence-electron chi connectivity index (χ4n) is 3.70. The van der Waals surface area contributed by atoms with E-state index in [0.29, 0.717) is 0 Å². The molecule has 0 bridgehead atoms. The minimum absolute atomic E-state index is 0.736. The summed E-state index contributed by atoms with van der Waals surface area (Å²) < 4.78 is 0. The number of rotatable bonds is 4. The van der Waals surface area contributed by atoms with Crippen LogP contribution in [0, 0.1) is 11.8 Å². The van der Waals surface area contributed by atoms with Crippen LogP contribution in [0.2, 0.25) is 0 Å². The summed E-state index contributed by atoms with van der Waals surface area (Å²) in [6.07, 6.45) is 9.96. The molecule has 0 aromatic heterocycles. The summed E-state index contributed by atoms with van der Waals surface area (Å²) >= 11 is 0. The molecule has 2 heteroatoms. The van der Waals surface area contributed by atoms with Crippen molar-refractivity contribution >= 4 is 0 Å². The van der Waals surface area contributed by atoms with Crippen molar-refractivity contribution in [2.45, 2.75) is 64.8 Å². The largest absolute Gasteiger partial charge is 0.313 e. The van der Waals surface area contributed by atoms with Crippen LogP contribution in [0.15, 0.2) is 0 Å². The summed E-state index contributed by atoms with van der Waals surface area (Å²) in [5, 5.41) is 3.67. The van der Waals surface area contributed by atoms with Crippen molar-refractivity contribution in [1.82, 2.24) is 10.2 Å². The third-order valence-electron chi connectivity index (χ3n) is 5.12. The van der Waals surface area contributed by atoms with Crippen molar-refractivity contribution in [3.05, 3.63) is 0 Å². The van der Waals surface area contributed by atoms with Crippen molar-refractivity contribution in [3.63, 3.8) is 0 Å². The van der Waals surface area contributed by atoms with Crippen LogP contribution in [0.1, 0.15) is 58.8 Å². The zero-order valence-electron chi connectivity index (χ0n) is 12.5. The van der Waals surface area contributed by atoms with E-state index < -0.39 is 0 Å². The van der Waals surface area contributed by atoms with Crippen molar-refractivity contribution in [2.75, 3.05) is 26.2 Å². The molecular weight excluding hydrogens is 220 g/mol. The Morgan fingerprint density at radius 1 is 1.00 bits per heavy atom. The molecular formula is C16H32N2. The summed E-state index contributed by atoms with van der Waals surface area (Å²) in [7, 11) is 0. The highest BCUT2D eigenvalue weighted by atomic mass is 15.2. The average Bonchev–Trinajstić information content (AvgIpc) is 2.65. The Balaban J connectivity index is 1.74. The summed E-state index contributed by atoms with van der Waals surface area (Å²) in [6, 6.07) is 0.736. The third-order valence-corrected chi connectivity index (χ3v) is 5.12. The van der Waals surface area contributed by atoms with Crippen molar-refractivity contribution < 1.29 is 0 Å². The monoisotopic (exact) mass is 252 g/mol. The summed E-state index contributed by atoms with van der Waals surface area (Å²) in [5.74, 6) is 2.03. The predicted octanol–water partition coefficient (Wildman–Crippen LogP) is 3.28. The van der Waals surface area contributed by atoms with Crippen LogP contribution in [0.3, 0.4) is 0 Å². The Morgan fingerprint density at radius 3 is 2.39 bits per heavy atom. The number of hydrogen-bond acceptors (Lipinski definition) is 2. The molecule has 0 aromatic carbocycles. The molecule has 1 N–H and O–H groups in total. The first-order valence-corrected chi connectivity index (χ1v) is 8.27. The van der Waals surface area contributed by atoms with Gasteiger partial charge < -0.3 is 10.2 Å². The fourth-order valence-corrected chi connectivity index (χ4v) is 3.70. The van der Waals surface area contributed by atoms with E-state index in [9.17, 15) is 0 Å². The number of hydrogen-bond donors (Lipinski definition) is 1. The van der Waals surface area contributed by atoms with Gasteiger partial charge in [0, 0.05) is 19.1 Å². The molecule has 0 aromatic rings. The molecule has 1 heterocycles. The fraction of sp³-hybridized carbons (Fsp3) is 1.00. The molecule has 2 fully saturated rings. The molecule has 18 heavy (non-hydrogen) atoms. The lowest BCUT2D eigenvalue weighted by atomic mass is 9.80. The Labute approximate surface area is 114 Å². The highest BCUT2D eigenvalue weighted by Gasteiger charge is 2.23. The second kappa shape index (κ2) is 7.49. The average molecular weight is 252 g/mol. The molecule has 1 saturated heterocycles. The van der Waals surface area contributed by atoms with Crippen molar-refractivity contribution in [1.29, 1.82) is 0 Å². The van der Waals surface area contributed by atoms with Crippen LogP contribution < -0.4 is 5.32 Å². The van der Waals surface area contributed by atoms with E-state index >= 15 is 0 Å². The normalized spacial score (nSPS) is 35.3. The molecule has 2 aliphatic rings. The summed E-state index contributed by atoms with van der Waals surface area (Å²) in [6.45, 7) is 9.86. The van der Waals surface area contributed by atoms with Crippen LogP contribution >= 0.6 is 0 Å². The molecule has 1 saturated carbocycles. The lowest BCUT2D eigenvalue weighted by molar-refractivity contribution is 0.176. The van der Waals surface area contributed by atoms with Crippen molar-refractivity contribution in [3.8, 4) is 0 Å². The highest BCUT2D eigenvalue weighted by Crippen LogP contribution is 2.31. The maximum Gasteiger partial charge on any atom is 0.0192 e. The molecule has 106 valence electrons. The van der Waals surface area contributed by atoms with Gasteiger partial charge >= 0.3 is 0 Å². The van der Waals surface area contributed by atoms with E-state index in [1.165, 1.54) is 71.1 Å². The molecule has 0 amide bonds. The van der Waals surface area contributed by atoms with Crippen LogP contribution in [0.5, 0.6) is 0 Å². The van der Waals surface area contributed by atoms with E-state index in [1.54, 1.807) is 0 Å². The van der Waals surface area contributed by atoms with Crippen LogP contribution in [-0.4, -0.2) is 37.1 Å². The van der Waals surface area contributed by atoms with Gasteiger partial charge in [-0.15, -0.1) is 0 Å². The molecule has 1 aliphatic heterocycles. The quantitative estimate of drug-likeness (QED) is 0.826.